The van der Waals surface area contributed by atoms with Crippen LogP contribution >= 0.6 is 11.8 Å². The molecular weight excluding hydrogens is 128 g/mol. The lowest BCUT2D eigenvalue weighted by Crippen LogP contribution is -1.99. The summed E-state index contributed by atoms with van der Waals surface area (Å²) in [5.74, 6) is 0. The second-order valence-electron chi connectivity index (χ2n) is 3.09. The van der Waals surface area contributed by atoms with E-state index in [4.69, 9.17) is 0 Å². The minimum Gasteiger partial charge on any atom is -0.156 e. The van der Waals surface area contributed by atoms with E-state index >= 15 is 0 Å². The third-order valence-corrected chi connectivity index (χ3v) is 3.17. The molecule has 0 aromatic heterocycles. The normalized spacial score (nSPS) is 21.7. The van der Waals surface area contributed by atoms with E-state index in [9.17, 15) is 0 Å². The Morgan fingerprint density at radius 1 is 1.22 bits per heavy atom. The topological polar surface area (TPSA) is 0 Å². The standard InChI is InChI=1S/C8H16S/c1-7(2)9-8-5-3-4-6-8/h7-8H,3-6H2,1-2H3. The highest BCUT2D eigenvalue weighted by atomic mass is 32.2. The summed E-state index contributed by atoms with van der Waals surface area (Å²) in [6.07, 6.45) is 5.90. The van der Waals surface area contributed by atoms with Gasteiger partial charge < -0.3 is 0 Å². The van der Waals surface area contributed by atoms with Crippen molar-refractivity contribution in [3.8, 4) is 0 Å². The zero-order valence-corrected chi connectivity index (χ0v) is 7.21. The van der Waals surface area contributed by atoms with Gasteiger partial charge in [0, 0.05) is 5.25 Å². The predicted octanol–water partition coefficient (Wildman–Crippen LogP) is 3.07. The average molecular weight is 144 g/mol. The summed E-state index contributed by atoms with van der Waals surface area (Å²) in [6.45, 7) is 4.59. The molecular formula is C8H16S. The monoisotopic (exact) mass is 144 g/mol. The van der Waals surface area contributed by atoms with Crippen molar-refractivity contribution in [1.82, 2.24) is 0 Å². The Morgan fingerprint density at radius 3 is 2.22 bits per heavy atom. The zero-order chi connectivity index (χ0) is 6.69. The van der Waals surface area contributed by atoms with E-state index in [1.807, 2.05) is 0 Å². The molecule has 0 nitrogen and oxygen atoms in total. The van der Waals surface area contributed by atoms with Crippen LogP contribution in [0.1, 0.15) is 39.5 Å². The lowest BCUT2D eigenvalue weighted by Gasteiger charge is -2.10. The van der Waals surface area contributed by atoms with Gasteiger partial charge in [-0.25, -0.2) is 0 Å². The van der Waals surface area contributed by atoms with E-state index in [-0.39, 0.29) is 0 Å². The minimum atomic E-state index is 0.841. The molecule has 0 spiro atoms. The van der Waals surface area contributed by atoms with Crippen LogP contribution in [0.15, 0.2) is 0 Å². The predicted molar refractivity (Wildman–Crippen MR) is 45.0 cm³/mol. The van der Waals surface area contributed by atoms with Crippen LogP contribution in [-0.4, -0.2) is 10.5 Å². The molecule has 0 radical (unpaired) electrons. The van der Waals surface area contributed by atoms with Crippen LogP contribution in [0.5, 0.6) is 0 Å². The second-order valence-corrected chi connectivity index (χ2v) is 4.97. The number of hydrogen-bond donors (Lipinski definition) is 0. The fourth-order valence-electron chi connectivity index (χ4n) is 1.41. The van der Waals surface area contributed by atoms with E-state index < -0.39 is 0 Å². The van der Waals surface area contributed by atoms with E-state index in [2.05, 4.69) is 25.6 Å². The number of thioether (sulfide) groups is 1. The Morgan fingerprint density at radius 2 is 1.78 bits per heavy atom. The molecule has 9 heavy (non-hydrogen) atoms. The molecule has 0 bridgehead atoms. The highest BCUT2D eigenvalue weighted by molar-refractivity contribution is 8.00. The molecule has 0 atom stereocenters. The third-order valence-electron chi connectivity index (χ3n) is 1.77. The first-order chi connectivity index (χ1) is 4.29. The van der Waals surface area contributed by atoms with Crippen LogP contribution in [0, 0.1) is 0 Å². The van der Waals surface area contributed by atoms with Crippen molar-refractivity contribution in [2.45, 2.75) is 50.0 Å². The lowest BCUT2D eigenvalue weighted by atomic mass is 10.4. The van der Waals surface area contributed by atoms with E-state index in [0.717, 1.165) is 10.5 Å². The molecule has 0 saturated heterocycles. The molecule has 0 aromatic carbocycles. The fourth-order valence-corrected chi connectivity index (χ4v) is 2.78. The van der Waals surface area contributed by atoms with Gasteiger partial charge in [-0.15, -0.1) is 0 Å². The molecule has 0 amide bonds. The molecule has 1 saturated carbocycles. The molecule has 0 aliphatic heterocycles. The molecule has 1 fully saturated rings. The average Bonchev–Trinajstić information content (AvgIpc) is 2.15. The van der Waals surface area contributed by atoms with Crippen LogP contribution < -0.4 is 0 Å². The van der Waals surface area contributed by atoms with Gasteiger partial charge in [0.2, 0.25) is 0 Å². The first-order valence-electron chi connectivity index (χ1n) is 3.94. The molecule has 0 N–H and O–H groups in total. The van der Waals surface area contributed by atoms with Gasteiger partial charge in [-0.3, -0.25) is 0 Å². The summed E-state index contributed by atoms with van der Waals surface area (Å²) in [4.78, 5) is 0. The van der Waals surface area contributed by atoms with E-state index in [0.29, 0.717) is 0 Å². The molecule has 1 heteroatoms. The lowest BCUT2D eigenvalue weighted by molar-refractivity contribution is 0.886. The summed E-state index contributed by atoms with van der Waals surface area (Å²) in [6, 6.07) is 0. The first kappa shape index (κ1) is 7.46. The maximum absolute atomic E-state index is 2.29. The molecule has 0 unspecified atom stereocenters. The number of rotatable bonds is 2. The smallest absolute Gasteiger partial charge is 0.00496 e. The van der Waals surface area contributed by atoms with Gasteiger partial charge >= 0.3 is 0 Å². The summed E-state index contributed by atoms with van der Waals surface area (Å²) in [5.41, 5.74) is 0. The maximum atomic E-state index is 2.29. The maximum Gasteiger partial charge on any atom is 0.00496 e. The van der Waals surface area contributed by atoms with Gasteiger partial charge in [0.1, 0.15) is 0 Å². The van der Waals surface area contributed by atoms with Crippen molar-refractivity contribution in [3.05, 3.63) is 0 Å². The second kappa shape index (κ2) is 3.50. The van der Waals surface area contributed by atoms with Crippen LogP contribution in [0.4, 0.5) is 0 Å². The van der Waals surface area contributed by atoms with Crippen molar-refractivity contribution < 1.29 is 0 Å². The van der Waals surface area contributed by atoms with Crippen LogP contribution in [0.3, 0.4) is 0 Å². The summed E-state index contributed by atoms with van der Waals surface area (Å²) >= 11 is 2.16. The van der Waals surface area contributed by atoms with Crippen LogP contribution in [-0.2, 0) is 0 Å². The van der Waals surface area contributed by atoms with Gasteiger partial charge in [0.05, 0.1) is 0 Å². The Balaban J connectivity index is 2.11. The highest BCUT2D eigenvalue weighted by Gasteiger charge is 2.15. The molecule has 1 aliphatic rings. The third kappa shape index (κ3) is 2.61. The molecule has 54 valence electrons. The zero-order valence-electron chi connectivity index (χ0n) is 6.39. The van der Waals surface area contributed by atoms with Gasteiger partial charge in [-0.1, -0.05) is 26.7 Å². The van der Waals surface area contributed by atoms with Gasteiger partial charge in [0.25, 0.3) is 0 Å². The molecule has 0 aromatic rings. The Hall–Kier alpha value is 0.350. The quantitative estimate of drug-likeness (QED) is 0.574. The van der Waals surface area contributed by atoms with Gasteiger partial charge in [-0.05, 0) is 18.1 Å². The van der Waals surface area contributed by atoms with Crippen molar-refractivity contribution >= 4 is 11.8 Å². The summed E-state index contributed by atoms with van der Waals surface area (Å²) < 4.78 is 0. The van der Waals surface area contributed by atoms with Crippen LogP contribution in [0.2, 0.25) is 0 Å². The number of hydrogen-bond acceptors (Lipinski definition) is 1. The van der Waals surface area contributed by atoms with E-state index in [1.54, 1.807) is 0 Å². The Bertz CT molecular complexity index is 72.6. The fraction of sp³-hybridized carbons (Fsp3) is 1.00. The largest absolute Gasteiger partial charge is 0.156 e. The first-order valence-corrected chi connectivity index (χ1v) is 4.89. The molecule has 1 aliphatic carbocycles. The summed E-state index contributed by atoms with van der Waals surface area (Å²) in [7, 11) is 0. The SMILES string of the molecule is CC(C)SC1CCCC1. The van der Waals surface area contributed by atoms with Crippen molar-refractivity contribution in [2.24, 2.45) is 0 Å². The molecule has 1 rings (SSSR count). The van der Waals surface area contributed by atoms with Crippen LogP contribution in [0.25, 0.3) is 0 Å². The minimum absolute atomic E-state index is 0.841. The highest BCUT2D eigenvalue weighted by Crippen LogP contribution is 2.31. The molecule has 0 heterocycles. The Labute approximate surface area is 62.4 Å². The van der Waals surface area contributed by atoms with Gasteiger partial charge in [0.15, 0.2) is 0 Å². The van der Waals surface area contributed by atoms with Crippen molar-refractivity contribution in [2.75, 3.05) is 0 Å². The van der Waals surface area contributed by atoms with Gasteiger partial charge in [-0.2, -0.15) is 11.8 Å². The summed E-state index contributed by atoms with van der Waals surface area (Å²) in [5, 5.41) is 1.85. The van der Waals surface area contributed by atoms with E-state index in [1.165, 1.54) is 25.7 Å². The van der Waals surface area contributed by atoms with Crippen molar-refractivity contribution in [3.63, 3.8) is 0 Å². The van der Waals surface area contributed by atoms with Crippen molar-refractivity contribution in [1.29, 1.82) is 0 Å². The Kier molecular flexibility index (Phi) is 2.90.